The molecular formula is C23H27FN2O2. The van der Waals surface area contributed by atoms with Crippen LogP contribution >= 0.6 is 0 Å². The van der Waals surface area contributed by atoms with Crippen LogP contribution in [0, 0.1) is 5.82 Å². The van der Waals surface area contributed by atoms with Gasteiger partial charge in [0.2, 0.25) is 5.91 Å². The fraction of sp³-hybridized carbons (Fsp3) is 0.348. The Kier molecular flexibility index (Phi) is 6.95. The van der Waals surface area contributed by atoms with Crippen LogP contribution in [-0.4, -0.2) is 35.5 Å². The van der Waals surface area contributed by atoms with E-state index in [9.17, 15) is 9.18 Å². The highest BCUT2D eigenvalue weighted by Crippen LogP contribution is 2.25. The van der Waals surface area contributed by atoms with Crippen molar-refractivity contribution in [1.29, 1.82) is 0 Å². The molecule has 1 aliphatic rings. The molecule has 3 atom stereocenters. The standard InChI is InChI=1S/C23H27FN2O2/c1-2-6-20-14-21(28-16-18-7-4-3-5-8-18)15-26(20)23(27)22(25)13-17-9-11-19(24)12-10-17/h2-5,7-12,20-22H,1,6,13-16,25H2/t20-,21+,22+/m0/s1. The summed E-state index contributed by atoms with van der Waals surface area (Å²) >= 11 is 0. The van der Waals surface area contributed by atoms with Crippen molar-refractivity contribution in [1.82, 2.24) is 4.90 Å². The van der Waals surface area contributed by atoms with Gasteiger partial charge in [0.15, 0.2) is 0 Å². The Morgan fingerprint density at radius 1 is 1.21 bits per heavy atom. The van der Waals surface area contributed by atoms with Crippen molar-refractivity contribution in [2.45, 2.75) is 44.1 Å². The van der Waals surface area contributed by atoms with Crippen molar-refractivity contribution in [2.24, 2.45) is 5.73 Å². The SMILES string of the molecule is C=CC[C@H]1C[C@@H](OCc2ccccc2)CN1C(=O)[C@H](N)Cc1ccc(F)cc1. The molecule has 0 bridgehead atoms. The van der Waals surface area contributed by atoms with E-state index >= 15 is 0 Å². The second-order valence-corrected chi connectivity index (χ2v) is 7.26. The lowest BCUT2D eigenvalue weighted by Crippen LogP contribution is -2.47. The molecule has 0 aliphatic carbocycles. The van der Waals surface area contributed by atoms with E-state index in [1.54, 1.807) is 12.1 Å². The molecule has 0 radical (unpaired) electrons. The number of nitrogens with zero attached hydrogens (tertiary/aromatic N) is 1. The third-order valence-corrected chi connectivity index (χ3v) is 5.11. The number of likely N-dealkylation sites (tertiary alicyclic amines) is 1. The minimum atomic E-state index is -0.661. The molecule has 4 nitrogen and oxygen atoms in total. The van der Waals surface area contributed by atoms with E-state index in [1.165, 1.54) is 12.1 Å². The minimum absolute atomic E-state index is 0.0212. The Balaban J connectivity index is 1.60. The molecule has 3 rings (SSSR count). The van der Waals surface area contributed by atoms with Crippen LogP contribution in [0.25, 0.3) is 0 Å². The number of nitrogens with two attached hydrogens (primary N) is 1. The summed E-state index contributed by atoms with van der Waals surface area (Å²) in [7, 11) is 0. The van der Waals surface area contributed by atoms with Crippen LogP contribution in [-0.2, 0) is 22.6 Å². The maximum absolute atomic E-state index is 13.1. The molecule has 2 aromatic rings. The highest BCUT2D eigenvalue weighted by atomic mass is 19.1. The van der Waals surface area contributed by atoms with Gasteiger partial charge in [0.25, 0.3) is 0 Å². The normalized spacial score (nSPS) is 20.1. The Morgan fingerprint density at radius 3 is 2.61 bits per heavy atom. The van der Waals surface area contributed by atoms with E-state index in [-0.39, 0.29) is 23.9 Å². The van der Waals surface area contributed by atoms with E-state index < -0.39 is 6.04 Å². The molecule has 1 fully saturated rings. The smallest absolute Gasteiger partial charge is 0.240 e. The van der Waals surface area contributed by atoms with Crippen LogP contribution < -0.4 is 5.73 Å². The zero-order valence-corrected chi connectivity index (χ0v) is 16.0. The van der Waals surface area contributed by atoms with Crippen LogP contribution in [0.15, 0.2) is 67.3 Å². The fourth-order valence-corrected chi connectivity index (χ4v) is 3.64. The summed E-state index contributed by atoms with van der Waals surface area (Å²) in [5.41, 5.74) is 8.14. The first-order valence-corrected chi connectivity index (χ1v) is 9.63. The number of hydrogen-bond acceptors (Lipinski definition) is 3. The predicted octanol–water partition coefficient (Wildman–Crippen LogP) is 3.46. The highest BCUT2D eigenvalue weighted by molar-refractivity contribution is 5.82. The van der Waals surface area contributed by atoms with Crippen molar-refractivity contribution in [3.8, 4) is 0 Å². The number of halogens is 1. The first kappa shape index (κ1) is 20.2. The highest BCUT2D eigenvalue weighted by Gasteiger charge is 2.36. The van der Waals surface area contributed by atoms with Crippen LogP contribution in [0.3, 0.4) is 0 Å². The summed E-state index contributed by atoms with van der Waals surface area (Å²) in [6.07, 6.45) is 3.67. The Labute approximate surface area is 165 Å². The number of ether oxygens (including phenoxy) is 1. The average Bonchev–Trinajstić information content (AvgIpc) is 3.11. The van der Waals surface area contributed by atoms with Crippen LogP contribution in [0.4, 0.5) is 4.39 Å². The number of carbonyl (C=O) groups excluding carboxylic acids is 1. The first-order chi connectivity index (χ1) is 13.6. The molecule has 1 aliphatic heterocycles. The number of amides is 1. The summed E-state index contributed by atoms with van der Waals surface area (Å²) in [6, 6.07) is 15.5. The van der Waals surface area contributed by atoms with Gasteiger partial charge in [-0.05, 0) is 42.5 Å². The lowest BCUT2D eigenvalue weighted by molar-refractivity contribution is -0.133. The van der Waals surface area contributed by atoms with Gasteiger partial charge in [-0.15, -0.1) is 6.58 Å². The van der Waals surface area contributed by atoms with E-state index in [0.29, 0.717) is 26.0 Å². The molecule has 0 unspecified atom stereocenters. The Bertz CT molecular complexity index is 779. The number of benzene rings is 2. The maximum Gasteiger partial charge on any atom is 0.240 e. The van der Waals surface area contributed by atoms with Gasteiger partial charge < -0.3 is 15.4 Å². The molecule has 5 heteroatoms. The maximum atomic E-state index is 13.1. The molecule has 1 heterocycles. The molecular weight excluding hydrogens is 355 g/mol. The first-order valence-electron chi connectivity index (χ1n) is 9.63. The monoisotopic (exact) mass is 382 g/mol. The van der Waals surface area contributed by atoms with Gasteiger partial charge in [-0.25, -0.2) is 4.39 Å². The van der Waals surface area contributed by atoms with E-state index in [1.807, 2.05) is 41.3 Å². The third kappa shape index (κ3) is 5.27. The van der Waals surface area contributed by atoms with Crippen molar-refractivity contribution in [2.75, 3.05) is 6.54 Å². The van der Waals surface area contributed by atoms with Gasteiger partial charge in [-0.2, -0.15) is 0 Å². The number of hydrogen-bond donors (Lipinski definition) is 1. The quantitative estimate of drug-likeness (QED) is 0.712. The van der Waals surface area contributed by atoms with Gasteiger partial charge in [0.05, 0.1) is 18.8 Å². The molecule has 28 heavy (non-hydrogen) atoms. The molecule has 2 aromatic carbocycles. The van der Waals surface area contributed by atoms with E-state index in [0.717, 1.165) is 17.5 Å². The zero-order chi connectivity index (χ0) is 19.9. The van der Waals surface area contributed by atoms with Crippen LogP contribution in [0.2, 0.25) is 0 Å². The van der Waals surface area contributed by atoms with Gasteiger partial charge in [-0.3, -0.25) is 4.79 Å². The Hall–Kier alpha value is -2.50. The summed E-state index contributed by atoms with van der Waals surface area (Å²) < 4.78 is 19.1. The number of carbonyl (C=O) groups is 1. The van der Waals surface area contributed by atoms with Gasteiger partial charge in [0, 0.05) is 12.6 Å². The topological polar surface area (TPSA) is 55.6 Å². The second kappa shape index (κ2) is 9.62. The van der Waals surface area contributed by atoms with Gasteiger partial charge >= 0.3 is 0 Å². The third-order valence-electron chi connectivity index (χ3n) is 5.11. The van der Waals surface area contributed by atoms with Gasteiger partial charge in [0.1, 0.15) is 5.82 Å². The van der Waals surface area contributed by atoms with Gasteiger partial charge in [-0.1, -0.05) is 48.5 Å². The summed E-state index contributed by atoms with van der Waals surface area (Å²) in [6.45, 7) is 4.86. The van der Waals surface area contributed by atoms with Crippen molar-refractivity contribution >= 4 is 5.91 Å². The second-order valence-electron chi connectivity index (χ2n) is 7.26. The fourth-order valence-electron chi connectivity index (χ4n) is 3.64. The Morgan fingerprint density at radius 2 is 1.93 bits per heavy atom. The van der Waals surface area contributed by atoms with Crippen LogP contribution in [0.1, 0.15) is 24.0 Å². The van der Waals surface area contributed by atoms with E-state index in [2.05, 4.69) is 6.58 Å². The molecule has 2 N–H and O–H groups in total. The molecule has 1 amide bonds. The lowest BCUT2D eigenvalue weighted by Gasteiger charge is -2.26. The van der Waals surface area contributed by atoms with Crippen LogP contribution in [0.5, 0.6) is 0 Å². The van der Waals surface area contributed by atoms with E-state index in [4.69, 9.17) is 10.5 Å². The molecule has 148 valence electrons. The summed E-state index contributed by atoms with van der Waals surface area (Å²) in [5, 5.41) is 0. The largest absolute Gasteiger partial charge is 0.372 e. The molecule has 0 saturated carbocycles. The minimum Gasteiger partial charge on any atom is -0.372 e. The molecule has 0 aromatic heterocycles. The zero-order valence-electron chi connectivity index (χ0n) is 16.0. The van der Waals surface area contributed by atoms with Crippen molar-refractivity contribution in [3.05, 3.63) is 84.2 Å². The van der Waals surface area contributed by atoms with Crippen molar-refractivity contribution in [3.63, 3.8) is 0 Å². The van der Waals surface area contributed by atoms with Crippen molar-refractivity contribution < 1.29 is 13.9 Å². The molecule has 1 saturated heterocycles. The molecule has 0 spiro atoms. The predicted molar refractivity (Wildman–Crippen MR) is 108 cm³/mol. The summed E-state index contributed by atoms with van der Waals surface area (Å²) in [5.74, 6) is -0.394. The lowest BCUT2D eigenvalue weighted by atomic mass is 10.0. The average molecular weight is 382 g/mol. The number of rotatable bonds is 8. The summed E-state index contributed by atoms with van der Waals surface area (Å²) in [4.78, 5) is 14.8.